The SMILES string of the molecule is CC(=O)N[C@H]1[C@H](O[C@@H]([C@H](O)[C@H](CO)NC(C)=O)[C@H](O)CO[C@@H]2O[C@@H](C)[C@@H](O)[C@@H](O)[C@@H]2O)O[C@H](CO)[C@@H](O[C@@H]2O[C@H](CO[C@H]3O[C@H](CO)[C@@H](O)[C@H](O[C@H]4O[C@H](CO)[C@@H](O)[C@H](O)[C@@H]4O[C@H]4O[C@H](CO)[C@@H](O)[C@H](O)[C@@H]4O)[C@@H]3O)[C@@H](O)[C@H](O[C@H]3O[C@H](CO)[C@@H](O)[C@H](O)[C@@H]3O[C@@H]3O[C@H](CO)[C@@H](O[C@@H]4O[C@H](CO)[C@H](O)[C@H](O[C@H]5O[C@H](CO)[C@H](O)[C@H](O)[C@H]5NC(C)=O)[C@H]4O[C@@H]4O[C@@H](C)[C@@H](O)[C@@H](O)[C@@H]4O)[C@H](O)[C@H]3NC(C)=O)[C@@H]2O)[C@@H]1O. The summed E-state index contributed by atoms with van der Waals surface area (Å²) in [6, 6.07) is -7.94. The van der Waals surface area contributed by atoms with Crippen molar-refractivity contribution < 1.29 is 292 Å². The highest BCUT2D eigenvalue weighted by Crippen LogP contribution is 2.43. The molecule has 0 aliphatic carbocycles. The van der Waals surface area contributed by atoms with Crippen LogP contribution in [0.5, 0.6) is 0 Å². The minimum absolute atomic E-state index is 0.855. The third-order valence-electron chi connectivity index (χ3n) is 26.3. The summed E-state index contributed by atoms with van der Waals surface area (Å²) in [5.74, 6) is -3.95. The second-order valence-electron chi connectivity index (χ2n) is 36.4. The zero-order chi connectivity index (χ0) is 106. The van der Waals surface area contributed by atoms with E-state index in [1.807, 2.05) is 0 Å². The highest BCUT2D eigenvalue weighted by molar-refractivity contribution is 5.74. The first-order chi connectivity index (χ1) is 67.6. The van der Waals surface area contributed by atoms with Crippen molar-refractivity contribution >= 4 is 23.6 Å². The van der Waals surface area contributed by atoms with Gasteiger partial charge in [0.25, 0.3) is 0 Å². The van der Waals surface area contributed by atoms with Gasteiger partial charge < -0.3 is 294 Å². The first-order valence-corrected chi connectivity index (χ1v) is 45.8. The summed E-state index contributed by atoms with van der Waals surface area (Å²) >= 11 is 0. The summed E-state index contributed by atoms with van der Waals surface area (Å²) in [7, 11) is 0. The van der Waals surface area contributed by atoms with Crippen LogP contribution >= 0.6 is 0 Å². The molecular weight excluding hydrogens is 1960 g/mol. The number of hydrogen-bond donors (Lipinski definition) is 37. The summed E-state index contributed by atoms with van der Waals surface area (Å²) in [5, 5.41) is 382. The van der Waals surface area contributed by atoms with Gasteiger partial charge in [-0.15, -0.1) is 0 Å². The maximum atomic E-state index is 13.5. The van der Waals surface area contributed by atoms with Gasteiger partial charge in [0.1, 0.15) is 274 Å². The molecule has 11 aliphatic heterocycles. The fourth-order valence-electron chi connectivity index (χ4n) is 18.3. The standard InChI is InChI=1S/C80H136N4O59/c1-18-38(99)51(112)56(117)73(124-18)122-16-25(98)61(40(101)24(7-85)81-20(3)94)135-71-36(83-22(5)96)49(110)62(32(14-92)132-71)136-77-60(121)65(47(108)34(134-77)17-123-74-59(120)64(45(106)30(12-90)127-74)138-79-68(55(116)44(105)29(11-89)130-79)142-76-58(119)53(114)42(103)27(9-87)128-76)139-78-67(54(115)43(104)28(10-88)129-78)141-72-37(84-23(6)97)50(111)63(33(15-93)133-72)137-80-69(143-75-57(118)52(113)39(100)19(2)125-75)66(46(107)31(13-91)131-80)140-70-35(82-21(4)95)48(109)41(102)26(8-86)126-70/h18-19,24-80,85-93,98-121H,7-17H2,1-6H3,(H,81,94)(H,82,95)(H,83,96)(H,84,97)/t18-,19-,24-,25+,26+,27+,28+,29+,30+,31+,32+,33+,34+,35+,36+,37+,38+,39+,40+,41-,42+,43+,44+,45+,46-,47+,48+,49+,50+,51+,52+,53-,54-,55-,56-,57-,58-,59-,60-,61+,62+,63+,64-,65-,66-,67-,68-,69+,70+,71-,72-,73+,74-,75-,76+,77-,78+,79+,80-/m0/s1. The highest BCUT2D eigenvalue weighted by atomic mass is 16.8. The van der Waals surface area contributed by atoms with Crippen LogP contribution in [-0.4, -0.2) is 627 Å². The van der Waals surface area contributed by atoms with Gasteiger partial charge in [-0.1, -0.05) is 0 Å². The van der Waals surface area contributed by atoms with E-state index >= 15 is 0 Å². The second kappa shape index (κ2) is 52.3. The summed E-state index contributed by atoms with van der Waals surface area (Å²) in [6.07, 6.45) is -120. The number of nitrogens with one attached hydrogen (secondary N) is 4. The number of aliphatic hydroxyl groups excluding tert-OH is 33. The van der Waals surface area contributed by atoms with Crippen LogP contribution in [0.15, 0.2) is 0 Å². The van der Waals surface area contributed by atoms with Gasteiger partial charge in [-0.2, -0.15) is 0 Å². The van der Waals surface area contributed by atoms with Gasteiger partial charge in [-0.05, 0) is 13.8 Å². The Morgan fingerprint density at radius 3 is 1.01 bits per heavy atom. The normalized spacial score (nSPS) is 48.3. The molecule has 0 radical (unpaired) electrons. The summed E-state index contributed by atoms with van der Waals surface area (Å²) < 4.78 is 131. The lowest BCUT2D eigenvalue weighted by molar-refractivity contribution is -0.406. The van der Waals surface area contributed by atoms with E-state index in [-0.39, 0.29) is 0 Å². The Morgan fingerprint density at radius 1 is 0.259 bits per heavy atom. The van der Waals surface area contributed by atoms with Crippen molar-refractivity contribution in [3.05, 3.63) is 0 Å². The molecule has 0 spiro atoms. The molecule has 0 aromatic carbocycles. The molecule has 0 saturated carbocycles. The van der Waals surface area contributed by atoms with Crippen LogP contribution in [0.3, 0.4) is 0 Å². The van der Waals surface area contributed by atoms with E-state index in [9.17, 15) is 188 Å². The summed E-state index contributed by atoms with van der Waals surface area (Å²) in [6.45, 7) is -7.02. The highest BCUT2D eigenvalue weighted by Gasteiger charge is 2.63. The molecule has 143 heavy (non-hydrogen) atoms. The number of rotatable bonds is 40. The average Bonchev–Trinajstić information content (AvgIpc) is 0.757. The Hall–Kier alpha value is -4.32. The fourth-order valence-corrected chi connectivity index (χ4v) is 18.3. The van der Waals surface area contributed by atoms with Crippen molar-refractivity contribution in [2.24, 2.45) is 0 Å². The van der Waals surface area contributed by atoms with Crippen molar-refractivity contribution in [3.8, 4) is 0 Å². The van der Waals surface area contributed by atoms with Crippen LogP contribution in [0.4, 0.5) is 0 Å². The Labute approximate surface area is 810 Å². The lowest BCUT2D eigenvalue weighted by Crippen LogP contribution is -2.71. The van der Waals surface area contributed by atoms with Crippen LogP contribution in [0.1, 0.15) is 41.5 Å². The number of amides is 4. The molecule has 0 unspecified atom stereocenters. The van der Waals surface area contributed by atoms with E-state index in [1.54, 1.807) is 0 Å². The fraction of sp³-hybridized carbons (Fsp3) is 0.950. The van der Waals surface area contributed by atoms with E-state index in [1.165, 1.54) is 13.8 Å². The third-order valence-corrected chi connectivity index (χ3v) is 26.3. The number of hydrogen-bond acceptors (Lipinski definition) is 59. The monoisotopic (exact) mass is 2100 g/mol. The molecule has 11 rings (SSSR count). The van der Waals surface area contributed by atoms with Crippen molar-refractivity contribution in [1.82, 2.24) is 21.3 Å². The predicted octanol–water partition coefficient (Wildman–Crippen LogP) is -24.9. The zero-order valence-corrected chi connectivity index (χ0v) is 77.2. The molecule has 37 N–H and O–H groups in total. The van der Waals surface area contributed by atoms with Crippen molar-refractivity contribution in [1.29, 1.82) is 0 Å². The Balaban J connectivity index is 0.932. The van der Waals surface area contributed by atoms with E-state index in [0.717, 1.165) is 27.7 Å². The molecule has 11 heterocycles. The minimum atomic E-state index is -2.73. The predicted molar refractivity (Wildman–Crippen MR) is 441 cm³/mol. The molecule has 63 heteroatoms. The van der Waals surface area contributed by atoms with Gasteiger partial charge >= 0.3 is 0 Å². The van der Waals surface area contributed by atoms with Gasteiger partial charge in [-0.3, -0.25) is 19.2 Å². The van der Waals surface area contributed by atoms with E-state index in [2.05, 4.69) is 21.3 Å². The van der Waals surface area contributed by atoms with Crippen LogP contribution in [0.25, 0.3) is 0 Å². The number of ether oxygens (including phenoxy) is 22. The van der Waals surface area contributed by atoms with Crippen LogP contribution < -0.4 is 21.3 Å². The molecule has 59 atom stereocenters. The zero-order valence-electron chi connectivity index (χ0n) is 77.2. The third kappa shape index (κ3) is 26.8. The molecule has 830 valence electrons. The molecule has 0 aromatic heterocycles. The van der Waals surface area contributed by atoms with E-state index < -0.39 is 458 Å². The summed E-state index contributed by atoms with van der Waals surface area (Å²) in [4.78, 5) is 52.0. The summed E-state index contributed by atoms with van der Waals surface area (Å²) in [5.41, 5.74) is 0. The lowest BCUT2D eigenvalue weighted by Gasteiger charge is -2.52. The van der Waals surface area contributed by atoms with E-state index in [0.29, 0.717) is 0 Å². The van der Waals surface area contributed by atoms with Crippen molar-refractivity contribution in [2.45, 2.75) is 403 Å². The minimum Gasteiger partial charge on any atom is -0.394 e. The van der Waals surface area contributed by atoms with Gasteiger partial charge in [0.05, 0.1) is 90.9 Å². The van der Waals surface area contributed by atoms with Gasteiger partial charge in [0.2, 0.25) is 23.6 Å². The maximum Gasteiger partial charge on any atom is 0.217 e. The Bertz CT molecular complexity index is 3900. The molecule has 0 bridgehead atoms. The quantitative estimate of drug-likeness (QED) is 0.0271. The van der Waals surface area contributed by atoms with E-state index in [4.69, 9.17) is 104 Å². The number of carbonyl (C=O) groups excluding carboxylic acids is 4. The smallest absolute Gasteiger partial charge is 0.217 e. The van der Waals surface area contributed by atoms with Crippen LogP contribution in [0, 0.1) is 0 Å². The van der Waals surface area contributed by atoms with Crippen LogP contribution in [0.2, 0.25) is 0 Å². The molecule has 11 aliphatic rings. The average molecular weight is 2100 g/mol. The molecule has 11 fully saturated rings. The van der Waals surface area contributed by atoms with Crippen molar-refractivity contribution in [2.75, 3.05) is 72.7 Å². The lowest BCUT2D eigenvalue weighted by atomic mass is 9.93. The molecule has 63 nitrogen and oxygen atoms in total. The van der Waals surface area contributed by atoms with Gasteiger partial charge in [0.15, 0.2) is 69.2 Å². The van der Waals surface area contributed by atoms with Gasteiger partial charge in [-0.25, -0.2) is 0 Å². The number of carbonyl (C=O) groups is 4. The first kappa shape index (κ1) is 119. The second-order valence-corrected chi connectivity index (χ2v) is 36.4. The topological polar surface area (TPSA) is 987 Å². The van der Waals surface area contributed by atoms with Crippen LogP contribution in [-0.2, 0) is 123 Å². The molecular formula is C80H136N4O59. The van der Waals surface area contributed by atoms with Crippen molar-refractivity contribution in [3.63, 3.8) is 0 Å². The maximum absolute atomic E-state index is 13.5. The Kier molecular flexibility index (Phi) is 43.5. The number of aliphatic hydroxyl groups is 33. The Morgan fingerprint density at radius 2 is 0.552 bits per heavy atom. The van der Waals surface area contributed by atoms with Gasteiger partial charge in [0, 0.05) is 27.7 Å². The largest absolute Gasteiger partial charge is 0.394 e. The molecule has 0 aromatic rings. The molecule has 4 amide bonds. The molecule has 11 saturated heterocycles. The first-order valence-electron chi connectivity index (χ1n) is 45.8.